The van der Waals surface area contributed by atoms with Gasteiger partial charge in [0.25, 0.3) is 0 Å². The van der Waals surface area contributed by atoms with Gasteiger partial charge in [0.05, 0.1) is 21.3 Å². The van der Waals surface area contributed by atoms with E-state index in [1.807, 2.05) is 66.7 Å². The fourth-order valence-electron chi connectivity index (χ4n) is 5.52. The Morgan fingerprint density at radius 3 is 2.30 bits per heavy atom. The van der Waals surface area contributed by atoms with E-state index in [0.717, 1.165) is 28.1 Å². The van der Waals surface area contributed by atoms with Gasteiger partial charge in [-0.05, 0) is 53.3 Å². The molecule has 1 aliphatic heterocycles. The number of ether oxygens (including phenoxy) is 4. The van der Waals surface area contributed by atoms with Crippen molar-refractivity contribution in [3.8, 4) is 23.0 Å². The van der Waals surface area contributed by atoms with Crippen LogP contribution in [0.1, 0.15) is 41.5 Å². The Bertz CT molecular complexity index is 1540. The highest BCUT2D eigenvalue weighted by molar-refractivity contribution is 6.00. The Labute approximate surface area is 232 Å². The van der Waals surface area contributed by atoms with Crippen molar-refractivity contribution in [2.24, 2.45) is 0 Å². The molecule has 1 aliphatic carbocycles. The molecule has 0 bridgehead atoms. The van der Waals surface area contributed by atoms with Crippen LogP contribution in [0.25, 0.3) is 0 Å². The van der Waals surface area contributed by atoms with Gasteiger partial charge in [-0.25, -0.2) is 4.68 Å². The molecule has 9 heteroatoms. The van der Waals surface area contributed by atoms with Crippen molar-refractivity contribution in [2.75, 3.05) is 26.6 Å². The van der Waals surface area contributed by atoms with Gasteiger partial charge >= 0.3 is 0 Å². The molecule has 1 N–H and O–H groups in total. The molecular weight excluding hydrogens is 508 g/mol. The zero-order chi connectivity index (χ0) is 27.6. The summed E-state index contributed by atoms with van der Waals surface area (Å²) in [5.74, 6) is 2.99. The number of nitrogens with one attached hydrogen (secondary N) is 1. The number of nitrogens with zero attached hydrogens (tertiary/aromatic N) is 3. The number of allylic oxidation sites excluding steroid dienone is 2. The van der Waals surface area contributed by atoms with Crippen LogP contribution in [0.5, 0.6) is 23.0 Å². The normalized spacial score (nSPS) is 17.9. The van der Waals surface area contributed by atoms with Gasteiger partial charge in [-0.1, -0.05) is 42.5 Å². The maximum atomic E-state index is 13.8. The number of aromatic nitrogens is 3. The van der Waals surface area contributed by atoms with E-state index in [2.05, 4.69) is 15.4 Å². The first-order valence-electron chi connectivity index (χ1n) is 13.1. The maximum Gasteiger partial charge on any atom is 0.226 e. The van der Waals surface area contributed by atoms with Crippen LogP contribution in [0.15, 0.2) is 84.3 Å². The molecule has 3 aromatic carbocycles. The van der Waals surface area contributed by atoms with E-state index >= 15 is 0 Å². The molecule has 0 unspecified atom stereocenters. The summed E-state index contributed by atoms with van der Waals surface area (Å²) in [6.45, 7) is 0.483. The van der Waals surface area contributed by atoms with Gasteiger partial charge in [0.1, 0.15) is 24.7 Å². The van der Waals surface area contributed by atoms with Gasteiger partial charge in [-0.3, -0.25) is 4.79 Å². The number of hydrogen-bond acceptors (Lipinski definition) is 8. The Hall–Kier alpha value is -4.79. The molecule has 0 spiro atoms. The summed E-state index contributed by atoms with van der Waals surface area (Å²) in [7, 11) is 4.75. The lowest BCUT2D eigenvalue weighted by Crippen LogP contribution is -2.33. The highest BCUT2D eigenvalue weighted by atomic mass is 16.5. The summed E-state index contributed by atoms with van der Waals surface area (Å²) in [4.78, 5) is 18.2. The second kappa shape index (κ2) is 10.8. The SMILES string of the molecule is COc1cc([C@@H]2CC(=O)C3=C(C2)Nc2ncnn2[C@@H]3c2ccc(OCc3ccccc3)cc2)cc(OC)c1OC. The number of hydrogen-bond donors (Lipinski definition) is 1. The zero-order valence-corrected chi connectivity index (χ0v) is 22.6. The topological polar surface area (TPSA) is 96.7 Å². The predicted molar refractivity (Wildman–Crippen MR) is 149 cm³/mol. The number of benzene rings is 3. The van der Waals surface area contributed by atoms with Gasteiger partial charge in [0.2, 0.25) is 11.7 Å². The standard InChI is InChI=1S/C31H30N4O5/c1-37-26-15-22(16-27(38-2)30(26)39-3)21-13-24-28(25(36)14-21)29(35-31(34-24)32-18-33-35)20-9-11-23(12-10-20)40-17-19-7-5-4-6-8-19/h4-12,15-16,18,21,29H,13-14,17H2,1-3H3,(H,32,33,34)/t21-,29+/m0/s1. The number of fused-ring (bicyclic) bond motifs is 1. The van der Waals surface area contributed by atoms with Gasteiger partial charge in [0.15, 0.2) is 17.3 Å². The number of anilines is 1. The minimum Gasteiger partial charge on any atom is -0.493 e. The summed E-state index contributed by atoms with van der Waals surface area (Å²) >= 11 is 0. The molecule has 0 fully saturated rings. The van der Waals surface area contributed by atoms with Crippen LogP contribution in [-0.2, 0) is 11.4 Å². The first-order valence-corrected chi connectivity index (χ1v) is 13.1. The van der Waals surface area contributed by atoms with E-state index in [4.69, 9.17) is 18.9 Å². The van der Waals surface area contributed by atoms with Crippen molar-refractivity contribution >= 4 is 11.7 Å². The lowest BCUT2D eigenvalue weighted by atomic mass is 9.77. The number of carbonyl (C=O) groups is 1. The molecule has 4 aromatic rings. The van der Waals surface area contributed by atoms with Gasteiger partial charge < -0.3 is 24.3 Å². The Morgan fingerprint density at radius 2 is 1.62 bits per heavy atom. The molecule has 1 aromatic heterocycles. The van der Waals surface area contributed by atoms with E-state index in [-0.39, 0.29) is 17.7 Å². The van der Waals surface area contributed by atoms with Gasteiger partial charge in [0, 0.05) is 17.7 Å². The molecule has 0 radical (unpaired) electrons. The van der Waals surface area contributed by atoms with Crippen molar-refractivity contribution in [1.29, 1.82) is 0 Å². The predicted octanol–water partition coefficient (Wildman–Crippen LogP) is 5.30. The molecule has 0 saturated heterocycles. The second-order valence-electron chi connectivity index (χ2n) is 9.78. The largest absolute Gasteiger partial charge is 0.493 e. The summed E-state index contributed by atoms with van der Waals surface area (Å²) in [6, 6.07) is 21.3. The molecule has 6 rings (SSSR count). The van der Waals surface area contributed by atoms with Crippen LogP contribution < -0.4 is 24.3 Å². The first kappa shape index (κ1) is 25.5. The van der Waals surface area contributed by atoms with E-state index in [1.54, 1.807) is 26.0 Å². The Balaban J connectivity index is 1.30. The minimum absolute atomic E-state index is 0.0584. The Kier molecular flexibility index (Phi) is 6.86. The number of carbonyl (C=O) groups excluding carboxylic acids is 1. The summed E-state index contributed by atoms with van der Waals surface area (Å²) in [5, 5.41) is 7.83. The second-order valence-corrected chi connectivity index (χ2v) is 9.78. The van der Waals surface area contributed by atoms with Crippen molar-refractivity contribution in [3.63, 3.8) is 0 Å². The fourth-order valence-corrected chi connectivity index (χ4v) is 5.52. The molecule has 40 heavy (non-hydrogen) atoms. The third kappa shape index (κ3) is 4.64. The number of Topliss-reactive ketones (excluding diaryl/α,β-unsaturated/α-hetero) is 1. The number of ketones is 1. The number of rotatable bonds is 8. The van der Waals surface area contributed by atoms with Crippen LogP contribution in [0, 0.1) is 0 Å². The fraction of sp³-hybridized carbons (Fsp3) is 0.258. The molecule has 2 aliphatic rings. The van der Waals surface area contributed by atoms with E-state index < -0.39 is 0 Å². The van der Waals surface area contributed by atoms with Crippen LogP contribution in [0.2, 0.25) is 0 Å². The van der Waals surface area contributed by atoms with Crippen LogP contribution in [0.3, 0.4) is 0 Å². The average molecular weight is 539 g/mol. The molecule has 2 atom stereocenters. The van der Waals surface area contributed by atoms with Gasteiger partial charge in [-0.2, -0.15) is 10.1 Å². The molecular formula is C31H30N4O5. The average Bonchev–Trinajstić information content (AvgIpc) is 3.47. The zero-order valence-electron chi connectivity index (χ0n) is 22.6. The Morgan fingerprint density at radius 1 is 0.900 bits per heavy atom. The summed E-state index contributed by atoms with van der Waals surface area (Å²) < 4.78 is 24.3. The van der Waals surface area contributed by atoms with Crippen LogP contribution >= 0.6 is 0 Å². The molecule has 0 amide bonds. The molecule has 204 valence electrons. The van der Waals surface area contributed by atoms with Crippen LogP contribution in [-0.4, -0.2) is 41.9 Å². The molecule has 9 nitrogen and oxygen atoms in total. The highest BCUT2D eigenvalue weighted by Crippen LogP contribution is 2.47. The minimum atomic E-state index is -0.384. The summed E-state index contributed by atoms with van der Waals surface area (Å²) in [5.41, 5.74) is 4.54. The van der Waals surface area contributed by atoms with Gasteiger partial charge in [-0.15, -0.1) is 0 Å². The summed E-state index contributed by atoms with van der Waals surface area (Å²) in [6.07, 6.45) is 2.48. The van der Waals surface area contributed by atoms with Crippen molar-refractivity contribution in [1.82, 2.24) is 14.8 Å². The van der Waals surface area contributed by atoms with Crippen LogP contribution in [0.4, 0.5) is 5.95 Å². The lowest BCUT2D eigenvalue weighted by Gasteiger charge is -2.35. The van der Waals surface area contributed by atoms with Crippen molar-refractivity contribution in [2.45, 2.75) is 31.4 Å². The molecule has 2 heterocycles. The molecule has 0 saturated carbocycles. The van der Waals surface area contributed by atoms with E-state index in [9.17, 15) is 4.79 Å². The number of methoxy groups -OCH3 is 3. The van der Waals surface area contributed by atoms with Crippen molar-refractivity contribution < 1.29 is 23.7 Å². The van der Waals surface area contributed by atoms with E-state index in [1.165, 1.54) is 6.33 Å². The highest BCUT2D eigenvalue weighted by Gasteiger charge is 2.39. The lowest BCUT2D eigenvalue weighted by molar-refractivity contribution is -0.116. The van der Waals surface area contributed by atoms with E-state index in [0.29, 0.717) is 48.2 Å². The smallest absolute Gasteiger partial charge is 0.226 e. The maximum absolute atomic E-state index is 13.8. The quantitative estimate of drug-likeness (QED) is 0.323. The monoisotopic (exact) mass is 538 g/mol. The third-order valence-electron chi connectivity index (χ3n) is 7.46. The first-order chi connectivity index (χ1) is 19.6. The van der Waals surface area contributed by atoms with Crippen molar-refractivity contribution in [3.05, 3.63) is 101 Å². The third-order valence-corrected chi connectivity index (χ3v) is 7.46.